The second kappa shape index (κ2) is 14.0. The molecule has 4 atom stereocenters. The maximum atomic E-state index is 12.7. The number of fused-ring (bicyclic) bond motifs is 2. The van der Waals surface area contributed by atoms with Crippen molar-refractivity contribution in [3.8, 4) is 0 Å². The molecule has 29 heavy (non-hydrogen) atoms. The quantitative estimate of drug-likeness (QED) is 0.217. The van der Waals surface area contributed by atoms with Crippen LogP contribution in [0.25, 0.3) is 0 Å². The van der Waals surface area contributed by atoms with E-state index in [1.54, 1.807) is 0 Å². The molecule has 4 unspecified atom stereocenters. The zero-order chi connectivity index (χ0) is 20.9. The van der Waals surface area contributed by atoms with Crippen LogP contribution < -0.4 is 0 Å². The Morgan fingerprint density at radius 3 is 1.41 bits per heavy atom. The topological polar surface area (TPSA) is 52.6 Å². The van der Waals surface area contributed by atoms with Gasteiger partial charge in [-0.2, -0.15) is 0 Å². The maximum Gasteiger partial charge on any atom is 0.310 e. The molecular weight excluding hydrogens is 364 g/mol. The first kappa shape index (κ1) is 24.2. The third-order valence-electron chi connectivity index (χ3n) is 6.95. The van der Waals surface area contributed by atoms with Crippen molar-refractivity contribution in [2.75, 3.05) is 13.2 Å². The van der Waals surface area contributed by atoms with Crippen LogP contribution in [0.2, 0.25) is 0 Å². The van der Waals surface area contributed by atoms with E-state index in [0.717, 1.165) is 44.9 Å². The van der Waals surface area contributed by atoms with Gasteiger partial charge < -0.3 is 9.47 Å². The van der Waals surface area contributed by atoms with Crippen LogP contribution >= 0.6 is 0 Å². The van der Waals surface area contributed by atoms with Gasteiger partial charge in [-0.25, -0.2) is 0 Å². The summed E-state index contributed by atoms with van der Waals surface area (Å²) in [5.74, 6) is -0.163. The van der Waals surface area contributed by atoms with E-state index in [2.05, 4.69) is 13.8 Å². The average Bonchev–Trinajstić information content (AvgIpc) is 3.34. The van der Waals surface area contributed by atoms with Crippen LogP contribution in [0, 0.1) is 23.7 Å². The Morgan fingerprint density at radius 1 is 0.621 bits per heavy atom. The summed E-state index contributed by atoms with van der Waals surface area (Å²) in [6.07, 6.45) is 17.2. The van der Waals surface area contributed by atoms with Crippen LogP contribution in [0.5, 0.6) is 0 Å². The number of esters is 2. The lowest BCUT2D eigenvalue weighted by molar-refractivity contribution is -0.163. The van der Waals surface area contributed by atoms with Crippen LogP contribution in [0.4, 0.5) is 0 Å². The summed E-state index contributed by atoms with van der Waals surface area (Å²) in [6.45, 7) is 5.43. The van der Waals surface area contributed by atoms with Gasteiger partial charge in [0.2, 0.25) is 0 Å². The molecule has 0 aromatic heterocycles. The summed E-state index contributed by atoms with van der Waals surface area (Å²) in [6, 6.07) is 0. The van der Waals surface area contributed by atoms with Gasteiger partial charge in [0.1, 0.15) is 0 Å². The molecule has 0 aromatic rings. The van der Waals surface area contributed by atoms with Crippen molar-refractivity contribution in [2.24, 2.45) is 23.7 Å². The van der Waals surface area contributed by atoms with Gasteiger partial charge in [-0.1, -0.05) is 78.1 Å². The monoisotopic (exact) mass is 408 g/mol. The molecule has 2 rings (SSSR count). The summed E-state index contributed by atoms with van der Waals surface area (Å²) in [5, 5.41) is 0. The Morgan fingerprint density at radius 2 is 1.00 bits per heavy atom. The van der Waals surface area contributed by atoms with Crippen molar-refractivity contribution in [1.29, 1.82) is 0 Å². The van der Waals surface area contributed by atoms with Gasteiger partial charge in [0, 0.05) is 0 Å². The van der Waals surface area contributed by atoms with E-state index < -0.39 is 0 Å². The molecule has 168 valence electrons. The molecule has 0 saturated heterocycles. The predicted octanol–water partition coefficient (Wildman–Crippen LogP) is 6.46. The highest BCUT2D eigenvalue weighted by Crippen LogP contribution is 2.53. The molecular formula is C25H44O4. The molecule has 0 heterocycles. The minimum absolute atomic E-state index is 0.146. The summed E-state index contributed by atoms with van der Waals surface area (Å²) in [7, 11) is 0. The number of rotatable bonds is 16. The van der Waals surface area contributed by atoms with E-state index in [-0.39, 0.29) is 23.8 Å². The molecule has 2 bridgehead atoms. The van der Waals surface area contributed by atoms with Gasteiger partial charge in [0.25, 0.3) is 0 Å². The average molecular weight is 409 g/mol. The SMILES string of the molecule is CCCCCCCCOC(=O)C1C2CCC(C2)C1C(=O)OCCCCCCCC. The summed E-state index contributed by atoms with van der Waals surface area (Å²) < 4.78 is 11.2. The Hall–Kier alpha value is -1.06. The molecule has 0 aromatic carbocycles. The molecule has 0 spiro atoms. The van der Waals surface area contributed by atoms with E-state index in [9.17, 15) is 9.59 Å². The normalized spacial score (nSPS) is 25.3. The van der Waals surface area contributed by atoms with Gasteiger partial charge in [0.05, 0.1) is 25.0 Å². The Balaban J connectivity index is 1.68. The van der Waals surface area contributed by atoms with E-state index in [4.69, 9.17) is 9.47 Å². The smallest absolute Gasteiger partial charge is 0.310 e. The highest BCUT2D eigenvalue weighted by Gasteiger charge is 2.55. The van der Waals surface area contributed by atoms with Crippen molar-refractivity contribution in [1.82, 2.24) is 0 Å². The Kier molecular flexibility index (Phi) is 11.7. The minimum atomic E-state index is -0.258. The van der Waals surface area contributed by atoms with E-state index in [0.29, 0.717) is 25.0 Å². The molecule has 2 aliphatic rings. The molecule has 2 fully saturated rings. The second-order valence-corrected chi connectivity index (χ2v) is 9.26. The summed E-state index contributed by atoms with van der Waals surface area (Å²) in [5.41, 5.74) is 0. The summed E-state index contributed by atoms with van der Waals surface area (Å²) >= 11 is 0. The van der Waals surface area contributed by atoms with Crippen molar-refractivity contribution >= 4 is 11.9 Å². The molecule has 4 heteroatoms. The van der Waals surface area contributed by atoms with Crippen LogP contribution in [0.3, 0.4) is 0 Å². The maximum absolute atomic E-state index is 12.7. The van der Waals surface area contributed by atoms with Crippen LogP contribution in [-0.2, 0) is 19.1 Å². The van der Waals surface area contributed by atoms with Gasteiger partial charge in [-0.15, -0.1) is 0 Å². The lowest BCUT2D eigenvalue weighted by Crippen LogP contribution is -2.37. The first-order chi connectivity index (χ1) is 14.2. The van der Waals surface area contributed by atoms with E-state index in [1.807, 2.05) is 0 Å². The number of carbonyl (C=O) groups is 2. The molecule has 0 aliphatic heterocycles. The number of carbonyl (C=O) groups excluding carboxylic acids is 2. The van der Waals surface area contributed by atoms with Gasteiger partial charge >= 0.3 is 11.9 Å². The molecule has 4 nitrogen and oxygen atoms in total. The molecule has 0 N–H and O–H groups in total. The lowest BCUT2D eigenvalue weighted by Gasteiger charge is -2.27. The first-order valence-corrected chi connectivity index (χ1v) is 12.5. The fraction of sp³-hybridized carbons (Fsp3) is 0.920. The number of hydrogen-bond donors (Lipinski definition) is 0. The highest BCUT2D eigenvalue weighted by atomic mass is 16.5. The van der Waals surface area contributed by atoms with Gasteiger partial charge in [-0.05, 0) is 43.9 Å². The Labute approximate surface area is 178 Å². The zero-order valence-electron chi connectivity index (χ0n) is 19.0. The van der Waals surface area contributed by atoms with Gasteiger partial charge in [-0.3, -0.25) is 9.59 Å². The van der Waals surface area contributed by atoms with Crippen molar-refractivity contribution in [3.63, 3.8) is 0 Å². The molecule has 0 radical (unpaired) electrons. The predicted molar refractivity (Wildman–Crippen MR) is 116 cm³/mol. The van der Waals surface area contributed by atoms with Crippen LogP contribution in [0.15, 0.2) is 0 Å². The highest BCUT2D eigenvalue weighted by molar-refractivity contribution is 5.83. The van der Waals surface area contributed by atoms with Crippen molar-refractivity contribution in [2.45, 2.75) is 110 Å². The van der Waals surface area contributed by atoms with E-state index in [1.165, 1.54) is 51.4 Å². The fourth-order valence-corrected chi connectivity index (χ4v) is 5.27. The number of hydrogen-bond acceptors (Lipinski definition) is 4. The largest absolute Gasteiger partial charge is 0.465 e. The zero-order valence-corrected chi connectivity index (χ0v) is 19.0. The standard InChI is InChI=1S/C25H44O4/c1-3-5-7-9-11-13-17-28-24(26)22-20-15-16-21(19-20)23(22)25(27)29-18-14-12-10-8-6-4-2/h20-23H,3-19H2,1-2H3. The summed E-state index contributed by atoms with van der Waals surface area (Å²) in [4.78, 5) is 25.5. The van der Waals surface area contributed by atoms with E-state index >= 15 is 0 Å². The van der Waals surface area contributed by atoms with Crippen molar-refractivity contribution in [3.05, 3.63) is 0 Å². The minimum Gasteiger partial charge on any atom is -0.465 e. The number of unbranched alkanes of at least 4 members (excludes halogenated alkanes) is 10. The molecule has 0 amide bonds. The lowest BCUT2D eigenvalue weighted by atomic mass is 9.79. The van der Waals surface area contributed by atoms with Crippen LogP contribution in [0.1, 0.15) is 110 Å². The fourth-order valence-electron chi connectivity index (χ4n) is 5.27. The van der Waals surface area contributed by atoms with Crippen LogP contribution in [-0.4, -0.2) is 25.2 Å². The Bertz CT molecular complexity index is 433. The molecule has 2 saturated carbocycles. The first-order valence-electron chi connectivity index (χ1n) is 12.5. The van der Waals surface area contributed by atoms with Gasteiger partial charge in [0.15, 0.2) is 0 Å². The third-order valence-corrected chi connectivity index (χ3v) is 6.95. The van der Waals surface area contributed by atoms with Crippen molar-refractivity contribution < 1.29 is 19.1 Å². The number of ether oxygens (including phenoxy) is 2. The third kappa shape index (κ3) is 7.94. The second-order valence-electron chi connectivity index (χ2n) is 9.26. The molecule has 2 aliphatic carbocycles.